The fourth-order valence-corrected chi connectivity index (χ4v) is 1.50. The van der Waals surface area contributed by atoms with Gasteiger partial charge in [0.1, 0.15) is 0 Å². The molecule has 1 aromatic heterocycles. The third-order valence-corrected chi connectivity index (χ3v) is 2.44. The van der Waals surface area contributed by atoms with Crippen LogP contribution in [0.15, 0.2) is 29.5 Å². The van der Waals surface area contributed by atoms with E-state index in [0.717, 1.165) is 31.9 Å². The van der Waals surface area contributed by atoms with Crippen LogP contribution in [0.25, 0.3) is 0 Å². The summed E-state index contributed by atoms with van der Waals surface area (Å²) >= 11 is 5.93. The third kappa shape index (κ3) is 9.19. The molecule has 1 heterocycles. The quantitative estimate of drug-likeness (QED) is 0.383. The molecule has 0 radical (unpaired) electrons. The number of rotatable bonds is 4. The van der Waals surface area contributed by atoms with E-state index in [9.17, 15) is 0 Å². The molecule has 0 aliphatic rings. The van der Waals surface area contributed by atoms with Crippen LogP contribution in [0, 0.1) is 0 Å². The monoisotopic (exact) mass is 369 g/mol. The topological polar surface area (TPSA) is 40.5 Å². The molecule has 4 nitrogen and oxygen atoms in total. The van der Waals surface area contributed by atoms with Crippen LogP contribution in [-0.4, -0.2) is 34.3 Å². The van der Waals surface area contributed by atoms with Gasteiger partial charge in [0.2, 0.25) is 0 Å². The van der Waals surface area contributed by atoms with Crippen molar-refractivity contribution in [2.75, 3.05) is 13.1 Å². The van der Waals surface area contributed by atoms with Crippen molar-refractivity contribution in [1.29, 1.82) is 0 Å². The van der Waals surface area contributed by atoms with Crippen LogP contribution < -0.4 is 5.43 Å². The summed E-state index contributed by atoms with van der Waals surface area (Å²) < 4.78 is 0. The predicted molar refractivity (Wildman–Crippen MR) is 82.2 cm³/mol. The van der Waals surface area contributed by atoms with E-state index in [1.54, 1.807) is 12.4 Å². The van der Waals surface area contributed by atoms with Crippen molar-refractivity contribution in [3.8, 4) is 0 Å². The molecule has 0 atom stereocenters. The van der Waals surface area contributed by atoms with Gasteiger partial charge < -0.3 is 4.90 Å². The Balaban J connectivity index is 0.000000982. The molecule has 0 aromatic carbocycles. The van der Waals surface area contributed by atoms with Crippen molar-refractivity contribution in [1.82, 2.24) is 15.3 Å². The first-order valence-corrected chi connectivity index (χ1v) is 8.49. The average Bonchev–Trinajstić information content (AvgIpc) is 2.42. The molecule has 0 spiro atoms. The molecule has 1 rings (SSSR count). The normalized spacial score (nSPS) is 9.89. The van der Waals surface area contributed by atoms with Crippen molar-refractivity contribution >= 4 is 43.7 Å². The second-order valence-electron chi connectivity index (χ2n) is 3.15. The Morgan fingerprint density at radius 2 is 2.11 bits per heavy atom. The molecule has 0 amide bonds. The van der Waals surface area contributed by atoms with E-state index >= 15 is 0 Å². The predicted octanol–water partition coefficient (Wildman–Crippen LogP) is 3.01. The summed E-state index contributed by atoms with van der Waals surface area (Å²) in [5, 5.41) is 4.67. The first-order chi connectivity index (χ1) is 9.19. The van der Waals surface area contributed by atoms with Crippen LogP contribution >= 0.6 is 32.4 Å². The molecule has 8 heteroatoms. The van der Waals surface area contributed by atoms with Crippen molar-refractivity contribution in [2.24, 2.45) is 5.10 Å². The number of aromatic nitrogens is 1. The molecule has 1 aromatic rings. The molecule has 0 bridgehead atoms. The number of pyridine rings is 1. The van der Waals surface area contributed by atoms with Gasteiger partial charge in [-0.1, -0.05) is 6.07 Å². The minimum atomic E-state index is 0.636. The van der Waals surface area contributed by atoms with Crippen LogP contribution in [0.2, 0.25) is 0 Å². The second-order valence-corrected chi connectivity index (χ2v) is 5.09. The summed E-state index contributed by atoms with van der Waals surface area (Å²) in [6.07, 6.45) is 3.37. The van der Waals surface area contributed by atoms with Gasteiger partial charge in [0, 0.05) is 19.3 Å². The van der Waals surface area contributed by atoms with E-state index in [-0.39, 0.29) is 0 Å². The number of hydrogen-bond donors (Lipinski definition) is 1. The van der Waals surface area contributed by atoms with E-state index in [1.165, 1.54) is 0 Å². The van der Waals surface area contributed by atoms with Crippen molar-refractivity contribution in [3.63, 3.8) is 0 Å². The van der Waals surface area contributed by atoms with E-state index in [0.29, 0.717) is 5.11 Å². The summed E-state index contributed by atoms with van der Waals surface area (Å²) in [7, 11) is 9.34. The molecule has 0 fully saturated rings. The first kappa shape index (κ1) is 18.6. The van der Waals surface area contributed by atoms with Gasteiger partial charge in [0.05, 0.1) is 11.9 Å². The van der Waals surface area contributed by atoms with Crippen LogP contribution in [0.5, 0.6) is 0 Å². The Labute approximate surface area is 134 Å². The maximum absolute atomic E-state index is 5.17. The van der Waals surface area contributed by atoms with E-state index in [2.05, 4.69) is 49.6 Å². The number of nitrogens with zero attached hydrogens (tertiary/aromatic N) is 3. The standard InChI is InChI=1S/C11H16N4S.2ClH.Cu/c1-3-15(4-2)11(16)14-13-9-10-7-5-6-8-12-10;;;/h5-9H,3-4H2,1-2H3,(H,14,16);2*1H;/q;;;+2/p-2/b13-9+;;;. The molecule has 0 saturated carbocycles. The van der Waals surface area contributed by atoms with Gasteiger partial charge in [-0.25, -0.2) is 0 Å². The molecule has 0 saturated heterocycles. The summed E-state index contributed by atoms with van der Waals surface area (Å²) in [6, 6.07) is 5.66. The maximum atomic E-state index is 5.17. The number of nitrogens with one attached hydrogen (secondary N) is 1. The summed E-state index contributed by atoms with van der Waals surface area (Å²) in [6.45, 7) is 5.86. The van der Waals surface area contributed by atoms with Crippen LogP contribution in [0.4, 0.5) is 0 Å². The Bertz CT molecular complexity index is 374. The number of halogens is 2. The van der Waals surface area contributed by atoms with E-state index in [4.69, 9.17) is 12.2 Å². The molecular formula is C11H16Cl2CuN4S. The zero-order valence-electron chi connectivity index (χ0n) is 10.6. The van der Waals surface area contributed by atoms with Gasteiger partial charge in [0.25, 0.3) is 0 Å². The van der Waals surface area contributed by atoms with Gasteiger partial charge in [0.15, 0.2) is 5.11 Å². The summed E-state index contributed by atoms with van der Waals surface area (Å²) in [5.41, 5.74) is 3.62. The second kappa shape index (κ2) is 12.6. The third-order valence-electron chi connectivity index (χ3n) is 2.10. The van der Waals surface area contributed by atoms with Gasteiger partial charge in [-0.05, 0) is 38.2 Å². The van der Waals surface area contributed by atoms with Gasteiger partial charge in [-0.15, -0.1) is 0 Å². The van der Waals surface area contributed by atoms with Gasteiger partial charge in [-0.2, -0.15) is 5.10 Å². The number of hydrogen-bond acceptors (Lipinski definition) is 3. The molecule has 0 aliphatic carbocycles. The van der Waals surface area contributed by atoms with Gasteiger partial charge >= 0.3 is 33.3 Å². The first-order valence-electron chi connectivity index (χ1n) is 5.49. The molecule has 111 valence electrons. The molecule has 0 aliphatic heterocycles. The Kier molecular flexibility index (Phi) is 12.4. The summed E-state index contributed by atoms with van der Waals surface area (Å²) in [5.74, 6) is 0. The van der Waals surface area contributed by atoms with Crippen LogP contribution in [-0.2, 0) is 13.1 Å². The molecule has 0 unspecified atom stereocenters. The minimum absolute atomic E-state index is 0.636. The average molecular weight is 371 g/mol. The Morgan fingerprint density at radius 1 is 1.47 bits per heavy atom. The molecule has 1 N–H and O–H groups in total. The fraction of sp³-hybridized carbons (Fsp3) is 0.364. The fourth-order valence-electron chi connectivity index (χ4n) is 1.19. The number of hydrazone groups is 1. The van der Waals surface area contributed by atoms with E-state index in [1.807, 2.05) is 23.1 Å². The van der Waals surface area contributed by atoms with Crippen LogP contribution in [0.3, 0.4) is 0 Å². The Hall–Kier alpha value is -0.391. The van der Waals surface area contributed by atoms with Gasteiger partial charge in [-0.3, -0.25) is 10.4 Å². The van der Waals surface area contributed by atoms with Crippen molar-refractivity contribution in [2.45, 2.75) is 13.8 Å². The zero-order chi connectivity index (χ0) is 14.5. The SMILES string of the molecule is CCN(CC)C(=S)N/N=C/c1ccccn1.[Cl][Cu][Cl]. The summed E-state index contributed by atoms with van der Waals surface area (Å²) in [4.78, 5) is 6.13. The number of thiocarbonyl (C=S) groups is 1. The van der Waals surface area contributed by atoms with Crippen LogP contribution in [0.1, 0.15) is 19.5 Å². The van der Waals surface area contributed by atoms with Crippen molar-refractivity contribution < 1.29 is 13.1 Å². The van der Waals surface area contributed by atoms with Crippen molar-refractivity contribution in [3.05, 3.63) is 30.1 Å². The molecule has 19 heavy (non-hydrogen) atoms. The Morgan fingerprint density at radius 3 is 2.58 bits per heavy atom. The zero-order valence-corrected chi connectivity index (χ0v) is 13.9. The van der Waals surface area contributed by atoms with E-state index < -0.39 is 0 Å². The molecular weight excluding hydrogens is 355 g/mol.